The summed E-state index contributed by atoms with van der Waals surface area (Å²) in [5.74, 6) is 0.839. The van der Waals surface area contributed by atoms with Gasteiger partial charge < -0.3 is 0 Å². The van der Waals surface area contributed by atoms with Crippen LogP contribution in [0.1, 0.15) is 39.0 Å². The second kappa shape index (κ2) is 2.45. The third-order valence-corrected chi connectivity index (χ3v) is 3.42. The van der Waals surface area contributed by atoms with Crippen LogP contribution in [-0.2, 0) is 4.79 Å². The van der Waals surface area contributed by atoms with Gasteiger partial charge in [0.1, 0.15) is 5.78 Å². The van der Waals surface area contributed by atoms with E-state index in [0.29, 0.717) is 11.7 Å². The van der Waals surface area contributed by atoms with Crippen molar-refractivity contribution < 1.29 is 4.79 Å². The second-order valence-corrected chi connectivity index (χ2v) is 4.64. The molecule has 0 saturated heterocycles. The third kappa shape index (κ3) is 1.03. The predicted molar refractivity (Wildman–Crippen MR) is 48.8 cm³/mol. The molecule has 2 aliphatic rings. The van der Waals surface area contributed by atoms with Crippen molar-refractivity contribution in [1.82, 2.24) is 0 Å². The molecule has 0 aromatic heterocycles. The van der Waals surface area contributed by atoms with Crippen LogP contribution in [0.15, 0.2) is 12.2 Å². The molecule has 2 aliphatic carbocycles. The molecule has 1 nitrogen and oxygen atoms in total. The summed E-state index contributed by atoms with van der Waals surface area (Å²) < 4.78 is 0. The fourth-order valence-electron chi connectivity index (χ4n) is 2.83. The van der Waals surface area contributed by atoms with Gasteiger partial charge in [-0.05, 0) is 25.7 Å². The Hall–Kier alpha value is -0.590. The lowest BCUT2D eigenvalue weighted by Gasteiger charge is -2.42. The van der Waals surface area contributed by atoms with Gasteiger partial charge in [0.2, 0.25) is 0 Å². The zero-order chi connectivity index (χ0) is 8.77. The number of carbonyl (C=O) groups excluding carboxylic acids is 1. The van der Waals surface area contributed by atoms with Crippen LogP contribution in [0.3, 0.4) is 0 Å². The minimum Gasteiger partial charge on any atom is -0.299 e. The first kappa shape index (κ1) is 8.03. The molecule has 0 radical (unpaired) electrons. The van der Waals surface area contributed by atoms with E-state index >= 15 is 0 Å². The fraction of sp³-hybridized carbons (Fsp3) is 0.727. The molecule has 2 bridgehead atoms. The van der Waals surface area contributed by atoms with Gasteiger partial charge in [0.15, 0.2) is 0 Å². The predicted octanol–water partition coefficient (Wildman–Crippen LogP) is 2.71. The van der Waals surface area contributed by atoms with Gasteiger partial charge in [0.25, 0.3) is 0 Å². The summed E-state index contributed by atoms with van der Waals surface area (Å²) >= 11 is 0. The van der Waals surface area contributed by atoms with E-state index < -0.39 is 0 Å². The third-order valence-electron chi connectivity index (χ3n) is 3.42. The lowest BCUT2D eigenvalue weighted by Crippen LogP contribution is -2.41. The van der Waals surface area contributed by atoms with E-state index in [1.54, 1.807) is 0 Å². The molecule has 12 heavy (non-hydrogen) atoms. The quantitative estimate of drug-likeness (QED) is 0.503. The minimum atomic E-state index is -0.0295. The highest BCUT2D eigenvalue weighted by molar-refractivity contribution is 5.89. The largest absolute Gasteiger partial charge is 0.299 e. The molecule has 2 atom stereocenters. The SMILES string of the molecule is C=C1C[C@H]2CCC[C@@](C)(C1)C2=O. The number of hydrogen-bond acceptors (Lipinski definition) is 1. The number of Topliss-reactive ketones (excluding diaryl/α,β-unsaturated/α-hetero) is 1. The zero-order valence-electron chi connectivity index (χ0n) is 7.73. The summed E-state index contributed by atoms with van der Waals surface area (Å²) in [6, 6.07) is 0. The van der Waals surface area contributed by atoms with Crippen molar-refractivity contribution in [2.75, 3.05) is 0 Å². The summed E-state index contributed by atoms with van der Waals surface area (Å²) in [4.78, 5) is 11.8. The standard InChI is InChI=1S/C11H16O/c1-8-6-9-4-3-5-11(2,7-8)10(9)12/h9H,1,3-7H2,2H3/t9-,11+/m1/s1. The van der Waals surface area contributed by atoms with Crippen LogP contribution in [0, 0.1) is 11.3 Å². The van der Waals surface area contributed by atoms with Gasteiger partial charge in [-0.25, -0.2) is 0 Å². The van der Waals surface area contributed by atoms with Gasteiger partial charge in [-0.2, -0.15) is 0 Å². The maximum atomic E-state index is 11.8. The van der Waals surface area contributed by atoms with Gasteiger partial charge >= 0.3 is 0 Å². The number of fused-ring (bicyclic) bond motifs is 2. The lowest BCUT2D eigenvalue weighted by atomic mass is 9.61. The van der Waals surface area contributed by atoms with Crippen LogP contribution in [0.2, 0.25) is 0 Å². The monoisotopic (exact) mass is 164 g/mol. The Morgan fingerprint density at radius 2 is 2.33 bits per heavy atom. The Balaban J connectivity index is 2.30. The van der Waals surface area contributed by atoms with Crippen molar-refractivity contribution in [3.63, 3.8) is 0 Å². The Labute approximate surface area is 73.8 Å². The highest BCUT2D eigenvalue weighted by Gasteiger charge is 2.44. The van der Waals surface area contributed by atoms with Crippen LogP contribution in [-0.4, -0.2) is 5.78 Å². The van der Waals surface area contributed by atoms with E-state index in [9.17, 15) is 4.79 Å². The van der Waals surface area contributed by atoms with Crippen molar-refractivity contribution in [3.8, 4) is 0 Å². The Morgan fingerprint density at radius 3 is 3.00 bits per heavy atom. The average molecular weight is 164 g/mol. The highest BCUT2D eigenvalue weighted by atomic mass is 16.1. The molecule has 1 heteroatoms. The van der Waals surface area contributed by atoms with E-state index in [-0.39, 0.29) is 5.41 Å². The maximum Gasteiger partial charge on any atom is 0.142 e. The minimum absolute atomic E-state index is 0.0295. The molecule has 0 spiro atoms. The van der Waals surface area contributed by atoms with Crippen LogP contribution in [0.25, 0.3) is 0 Å². The molecular formula is C11H16O. The fourth-order valence-corrected chi connectivity index (χ4v) is 2.83. The molecular weight excluding hydrogens is 148 g/mol. The number of hydrogen-bond donors (Lipinski definition) is 0. The number of allylic oxidation sites excluding steroid dienone is 1. The number of ketones is 1. The molecule has 2 rings (SSSR count). The van der Waals surface area contributed by atoms with Crippen molar-refractivity contribution in [1.29, 1.82) is 0 Å². The maximum absolute atomic E-state index is 11.8. The first-order chi connectivity index (χ1) is 5.62. The number of carbonyl (C=O) groups is 1. The van der Waals surface area contributed by atoms with E-state index in [4.69, 9.17) is 0 Å². The van der Waals surface area contributed by atoms with E-state index in [0.717, 1.165) is 25.7 Å². The van der Waals surface area contributed by atoms with E-state index in [1.807, 2.05) is 0 Å². The zero-order valence-corrected chi connectivity index (χ0v) is 7.73. The summed E-state index contributed by atoms with van der Waals surface area (Å²) in [5, 5.41) is 0. The second-order valence-electron chi connectivity index (χ2n) is 4.64. The van der Waals surface area contributed by atoms with Crippen LogP contribution >= 0.6 is 0 Å². The molecule has 0 unspecified atom stereocenters. The molecule has 0 aromatic rings. The Bertz CT molecular complexity index is 241. The Morgan fingerprint density at radius 1 is 1.58 bits per heavy atom. The van der Waals surface area contributed by atoms with Crippen LogP contribution in [0.4, 0.5) is 0 Å². The molecule has 0 heterocycles. The molecule has 0 amide bonds. The molecule has 0 aromatic carbocycles. The van der Waals surface area contributed by atoms with E-state index in [1.165, 1.54) is 12.0 Å². The molecule has 2 saturated carbocycles. The first-order valence-electron chi connectivity index (χ1n) is 4.83. The van der Waals surface area contributed by atoms with Crippen molar-refractivity contribution in [3.05, 3.63) is 12.2 Å². The lowest BCUT2D eigenvalue weighted by molar-refractivity contribution is -0.137. The van der Waals surface area contributed by atoms with Gasteiger partial charge in [-0.3, -0.25) is 4.79 Å². The molecule has 66 valence electrons. The summed E-state index contributed by atoms with van der Waals surface area (Å²) in [6.07, 6.45) is 5.34. The summed E-state index contributed by atoms with van der Waals surface area (Å²) in [7, 11) is 0. The normalized spacial score (nSPS) is 41.6. The number of rotatable bonds is 0. The van der Waals surface area contributed by atoms with Crippen molar-refractivity contribution in [2.24, 2.45) is 11.3 Å². The smallest absolute Gasteiger partial charge is 0.142 e. The van der Waals surface area contributed by atoms with Gasteiger partial charge in [0, 0.05) is 11.3 Å². The summed E-state index contributed by atoms with van der Waals surface area (Å²) in [6.45, 7) is 6.14. The van der Waals surface area contributed by atoms with Crippen molar-refractivity contribution >= 4 is 5.78 Å². The summed E-state index contributed by atoms with van der Waals surface area (Å²) in [5.41, 5.74) is 1.26. The topological polar surface area (TPSA) is 17.1 Å². The van der Waals surface area contributed by atoms with Crippen molar-refractivity contribution in [2.45, 2.75) is 39.0 Å². The first-order valence-corrected chi connectivity index (χ1v) is 4.83. The molecule has 0 N–H and O–H groups in total. The highest BCUT2D eigenvalue weighted by Crippen LogP contribution is 2.47. The Kier molecular flexibility index (Phi) is 1.64. The van der Waals surface area contributed by atoms with Crippen LogP contribution in [0.5, 0.6) is 0 Å². The van der Waals surface area contributed by atoms with Gasteiger partial charge in [-0.15, -0.1) is 0 Å². The average Bonchev–Trinajstić information content (AvgIpc) is 1.95. The van der Waals surface area contributed by atoms with E-state index in [2.05, 4.69) is 13.5 Å². The van der Waals surface area contributed by atoms with Crippen LogP contribution < -0.4 is 0 Å². The van der Waals surface area contributed by atoms with Gasteiger partial charge in [-0.1, -0.05) is 25.5 Å². The molecule has 0 aliphatic heterocycles. The van der Waals surface area contributed by atoms with Gasteiger partial charge in [0.05, 0.1) is 0 Å². The molecule has 2 fully saturated rings.